The first-order valence-corrected chi connectivity index (χ1v) is 8.13. The van der Waals surface area contributed by atoms with Crippen molar-refractivity contribution >= 4 is 0 Å². The summed E-state index contributed by atoms with van der Waals surface area (Å²) < 4.78 is 13.1. The van der Waals surface area contributed by atoms with Crippen molar-refractivity contribution in [3.05, 3.63) is 63.6 Å². The van der Waals surface area contributed by atoms with Crippen LogP contribution in [0.15, 0.2) is 35.1 Å². The maximum atomic E-state index is 13.1. The summed E-state index contributed by atoms with van der Waals surface area (Å²) in [6, 6.07) is 8.45. The fourth-order valence-corrected chi connectivity index (χ4v) is 4.15. The van der Waals surface area contributed by atoms with Crippen LogP contribution in [0.1, 0.15) is 29.4 Å². The van der Waals surface area contributed by atoms with E-state index in [0.717, 1.165) is 24.6 Å². The molecule has 3 unspecified atom stereocenters. The quantitative estimate of drug-likeness (QED) is 0.947. The molecule has 2 fully saturated rings. The smallest absolute Gasteiger partial charge is 0.251 e. The molecule has 1 saturated heterocycles. The monoisotopic (exact) mass is 313 g/mol. The van der Waals surface area contributed by atoms with Gasteiger partial charge in [-0.05, 0) is 48.8 Å². The number of nitrogens with zero attached hydrogens (tertiary/aromatic N) is 2. The molecule has 1 aliphatic carbocycles. The second-order valence-corrected chi connectivity index (χ2v) is 6.85. The molecule has 0 bridgehead atoms. The van der Waals surface area contributed by atoms with Crippen molar-refractivity contribution in [1.82, 2.24) is 14.9 Å². The third-order valence-electron chi connectivity index (χ3n) is 5.23. The third-order valence-corrected chi connectivity index (χ3v) is 5.23. The van der Waals surface area contributed by atoms with Gasteiger partial charge < -0.3 is 4.98 Å². The van der Waals surface area contributed by atoms with Gasteiger partial charge in [0.2, 0.25) is 0 Å². The summed E-state index contributed by atoms with van der Waals surface area (Å²) in [6.07, 6.45) is 1.17. The van der Waals surface area contributed by atoms with Crippen LogP contribution in [-0.4, -0.2) is 28.0 Å². The van der Waals surface area contributed by atoms with E-state index in [4.69, 9.17) is 0 Å². The summed E-state index contributed by atoms with van der Waals surface area (Å²) >= 11 is 0. The molecule has 0 spiro atoms. The number of aromatic nitrogens is 2. The Kier molecular flexibility index (Phi) is 3.53. The number of benzene rings is 1. The zero-order chi connectivity index (χ0) is 16.0. The van der Waals surface area contributed by atoms with Gasteiger partial charge in [-0.15, -0.1) is 0 Å². The number of H-pyrrole nitrogens is 1. The number of hydrogen-bond donors (Lipinski definition) is 1. The van der Waals surface area contributed by atoms with Crippen LogP contribution in [-0.2, 0) is 6.54 Å². The van der Waals surface area contributed by atoms with Crippen molar-refractivity contribution in [3.8, 4) is 0 Å². The first-order valence-electron chi connectivity index (χ1n) is 8.13. The Balaban J connectivity index is 1.43. The van der Waals surface area contributed by atoms with Crippen LogP contribution in [0.5, 0.6) is 0 Å². The molecule has 2 aliphatic rings. The summed E-state index contributed by atoms with van der Waals surface area (Å²) in [5.41, 5.74) is 1.92. The minimum atomic E-state index is -0.174. The van der Waals surface area contributed by atoms with Gasteiger partial charge in [0.05, 0.1) is 6.54 Å². The van der Waals surface area contributed by atoms with E-state index in [1.54, 1.807) is 12.1 Å². The number of aromatic amines is 1. The molecule has 23 heavy (non-hydrogen) atoms. The number of fused-ring (bicyclic) bond motifs is 1. The topological polar surface area (TPSA) is 49.0 Å². The SMILES string of the molecule is Cc1cc(=O)[nH]c(CN2CC3CC(c4ccc(F)cc4)C3C2)n1. The van der Waals surface area contributed by atoms with Crippen LogP contribution in [0.4, 0.5) is 4.39 Å². The molecule has 1 saturated carbocycles. The molecule has 2 heterocycles. The molecule has 1 aliphatic heterocycles. The largest absolute Gasteiger partial charge is 0.309 e. The van der Waals surface area contributed by atoms with Crippen LogP contribution < -0.4 is 5.56 Å². The van der Waals surface area contributed by atoms with E-state index in [1.165, 1.54) is 18.1 Å². The number of hydrogen-bond acceptors (Lipinski definition) is 3. The highest BCUT2D eigenvalue weighted by Gasteiger charge is 2.47. The lowest BCUT2D eigenvalue weighted by atomic mass is 9.64. The van der Waals surface area contributed by atoms with Gasteiger partial charge in [-0.3, -0.25) is 9.69 Å². The average Bonchev–Trinajstić information content (AvgIpc) is 2.77. The van der Waals surface area contributed by atoms with E-state index in [2.05, 4.69) is 14.9 Å². The minimum Gasteiger partial charge on any atom is -0.309 e. The molecule has 4 nitrogen and oxygen atoms in total. The molecular weight excluding hydrogens is 293 g/mol. The normalized spacial score (nSPS) is 26.8. The summed E-state index contributed by atoms with van der Waals surface area (Å²) in [4.78, 5) is 21.2. The van der Waals surface area contributed by atoms with Gasteiger partial charge in [0, 0.05) is 24.8 Å². The summed E-state index contributed by atoms with van der Waals surface area (Å²) in [7, 11) is 0. The van der Waals surface area contributed by atoms with Gasteiger partial charge in [0.25, 0.3) is 5.56 Å². The van der Waals surface area contributed by atoms with E-state index >= 15 is 0 Å². The molecular formula is C18H20FN3O. The lowest BCUT2D eigenvalue weighted by molar-refractivity contribution is 0.191. The lowest BCUT2D eigenvalue weighted by Crippen LogP contribution is -2.33. The second kappa shape index (κ2) is 5.57. The maximum absolute atomic E-state index is 13.1. The first kappa shape index (κ1) is 14.6. The Hall–Kier alpha value is -2.01. The molecule has 5 heteroatoms. The van der Waals surface area contributed by atoms with Gasteiger partial charge >= 0.3 is 0 Å². The van der Waals surface area contributed by atoms with Crippen molar-refractivity contribution in [2.24, 2.45) is 11.8 Å². The van der Waals surface area contributed by atoms with E-state index < -0.39 is 0 Å². The van der Waals surface area contributed by atoms with Crippen molar-refractivity contribution in [1.29, 1.82) is 0 Å². The van der Waals surface area contributed by atoms with Gasteiger partial charge in [-0.1, -0.05) is 12.1 Å². The summed E-state index contributed by atoms with van der Waals surface area (Å²) in [5, 5.41) is 0. The fraction of sp³-hybridized carbons (Fsp3) is 0.444. The van der Waals surface area contributed by atoms with Gasteiger partial charge in [-0.25, -0.2) is 9.37 Å². The minimum absolute atomic E-state index is 0.0844. The van der Waals surface area contributed by atoms with Crippen molar-refractivity contribution in [2.75, 3.05) is 13.1 Å². The van der Waals surface area contributed by atoms with E-state index in [0.29, 0.717) is 24.3 Å². The molecule has 4 rings (SSSR count). The van der Waals surface area contributed by atoms with E-state index in [1.807, 2.05) is 19.1 Å². The highest BCUT2D eigenvalue weighted by Crippen LogP contribution is 2.51. The maximum Gasteiger partial charge on any atom is 0.251 e. The molecule has 3 atom stereocenters. The number of nitrogens with one attached hydrogen (secondary N) is 1. The molecule has 1 aromatic carbocycles. The average molecular weight is 313 g/mol. The predicted octanol–water partition coefficient (Wildman–Crippen LogP) is 2.45. The van der Waals surface area contributed by atoms with Gasteiger partial charge in [0.1, 0.15) is 11.6 Å². The third kappa shape index (κ3) is 2.81. The molecule has 0 radical (unpaired) electrons. The lowest BCUT2D eigenvalue weighted by Gasteiger charge is -2.40. The molecule has 2 aromatic rings. The standard InChI is InChI=1S/C18H20FN3O/c1-11-6-18(23)21-17(20-11)10-22-8-13-7-15(16(13)9-22)12-2-4-14(19)5-3-12/h2-6,13,15-16H,7-10H2,1H3,(H,20,21,23). The Morgan fingerprint density at radius 1 is 1.30 bits per heavy atom. The second-order valence-electron chi connectivity index (χ2n) is 6.85. The first-order chi connectivity index (χ1) is 11.1. The summed E-state index contributed by atoms with van der Waals surface area (Å²) in [6.45, 7) is 4.61. The highest BCUT2D eigenvalue weighted by molar-refractivity contribution is 5.25. The molecule has 0 amide bonds. The van der Waals surface area contributed by atoms with Crippen LogP contribution in [0, 0.1) is 24.6 Å². The van der Waals surface area contributed by atoms with Crippen LogP contribution in [0.3, 0.4) is 0 Å². The van der Waals surface area contributed by atoms with Crippen molar-refractivity contribution in [2.45, 2.75) is 25.8 Å². The fourth-order valence-electron chi connectivity index (χ4n) is 4.15. The number of likely N-dealkylation sites (tertiary alicyclic amines) is 1. The Bertz CT molecular complexity index is 771. The number of halogens is 1. The zero-order valence-corrected chi connectivity index (χ0v) is 13.1. The van der Waals surface area contributed by atoms with Crippen LogP contribution in [0.2, 0.25) is 0 Å². The van der Waals surface area contributed by atoms with E-state index in [9.17, 15) is 9.18 Å². The van der Waals surface area contributed by atoms with Crippen LogP contribution in [0.25, 0.3) is 0 Å². The molecule has 1 N–H and O–H groups in total. The van der Waals surface area contributed by atoms with Crippen LogP contribution >= 0.6 is 0 Å². The van der Waals surface area contributed by atoms with Gasteiger partial charge in [0.15, 0.2) is 0 Å². The number of rotatable bonds is 3. The predicted molar refractivity (Wildman–Crippen MR) is 85.6 cm³/mol. The highest BCUT2D eigenvalue weighted by atomic mass is 19.1. The Morgan fingerprint density at radius 2 is 2.09 bits per heavy atom. The van der Waals surface area contributed by atoms with E-state index in [-0.39, 0.29) is 11.4 Å². The van der Waals surface area contributed by atoms with Crippen molar-refractivity contribution < 1.29 is 4.39 Å². The summed E-state index contributed by atoms with van der Waals surface area (Å²) in [5.74, 6) is 2.45. The zero-order valence-electron chi connectivity index (χ0n) is 13.1. The molecule has 1 aromatic heterocycles. The molecule has 120 valence electrons. The van der Waals surface area contributed by atoms with Crippen molar-refractivity contribution in [3.63, 3.8) is 0 Å². The number of aryl methyl sites for hydroxylation is 1. The Labute approximate surface area is 134 Å². The Morgan fingerprint density at radius 3 is 2.83 bits per heavy atom. The van der Waals surface area contributed by atoms with Gasteiger partial charge in [-0.2, -0.15) is 0 Å².